The Bertz CT molecular complexity index is 962. The zero-order chi connectivity index (χ0) is 20.0. The van der Waals surface area contributed by atoms with Crippen LogP contribution < -0.4 is 10.6 Å². The molecule has 144 valence electrons. The first-order valence-electron chi connectivity index (χ1n) is 8.84. The number of hydrogen-bond donors (Lipinski definition) is 1. The van der Waals surface area contributed by atoms with E-state index < -0.39 is 13.2 Å². The number of halogens is 1. The van der Waals surface area contributed by atoms with Gasteiger partial charge in [0.15, 0.2) is 0 Å². The lowest BCUT2D eigenvalue weighted by Crippen LogP contribution is -2.39. The van der Waals surface area contributed by atoms with E-state index in [1.807, 2.05) is 12.1 Å². The number of hydrogen-bond acceptors (Lipinski definition) is 3. The third-order valence-electron chi connectivity index (χ3n) is 4.47. The summed E-state index contributed by atoms with van der Waals surface area (Å²) in [6, 6.07) is 23.4. The molecule has 0 aromatic heterocycles. The summed E-state index contributed by atoms with van der Waals surface area (Å²) >= 11 is 0. The topological polar surface area (TPSA) is 55.4 Å². The largest absolute Gasteiger partial charge is 0.339 e. The Balaban J connectivity index is 1.96. The molecule has 0 heterocycles. The molecule has 28 heavy (non-hydrogen) atoms. The summed E-state index contributed by atoms with van der Waals surface area (Å²) in [5.74, 6) is -1.51. The molecule has 0 radical (unpaired) electrons. The maximum absolute atomic E-state index is 13.8. The molecular weight excluding hydrogens is 376 g/mol. The first-order valence-corrected chi connectivity index (χ1v) is 10.5. The second-order valence-corrected chi connectivity index (χ2v) is 9.00. The molecule has 0 spiro atoms. The third kappa shape index (κ3) is 4.56. The average molecular weight is 397 g/mol. The quantitative estimate of drug-likeness (QED) is 0.602. The van der Waals surface area contributed by atoms with Gasteiger partial charge in [-0.3, -0.25) is 9.36 Å². The average Bonchev–Trinajstić information content (AvgIpc) is 2.75. The van der Waals surface area contributed by atoms with Crippen LogP contribution in [0.25, 0.3) is 0 Å². The second kappa shape index (κ2) is 8.96. The van der Waals surface area contributed by atoms with E-state index in [4.69, 9.17) is 4.52 Å². The molecule has 0 fully saturated rings. The maximum Gasteiger partial charge on any atom is 0.253 e. The fourth-order valence-electron chi connectivity index (χ4n) is 2.97. The molecule has 1 unspecified atom stereocenters. The monoisotopic (exact) mass is 397 g/mol. The number of amides is 1. The summed E-state index contributed by atoms with van der Waals surface area (Å²) in [6.45, 7) is 0. The first-order chi connectivity index (χ1) is 13.5. The van der Waals surface area contributed by atoms with Crippen molar-refractivity contribution in [2.75, 3.05) is 7.11 Å². The summed E-state index contributed by atoms with van der Waals surface area (Å²) in [6.07, 6.45) is 0.235. The zero-order valence-electron chi connectivity index (χ0n) is 15.4. The number of carbonyl (C=O) groups is 1. The molecule has 0 saturated carbocycles. The lowest BCUT2D eigenvalue weighted by atomic mass is 10.1. The van der Waals surface area contributed by atoms with Crippen molar-refractivity contribution >= 4 is 18.6 Å². The van der Waals surface area contributed by atoms with E-state index in [0.29, 0.717) is 10.9 Å². The highest BCUT2D eigenvalue weighted by Crippen LogP contribution is 2.50. The molecule has 4 nitrogen and oxygen atoms in total. The van der Waals surface area contributed by atoms with Crippen LogP contribution in [0.3, 0.4) is 0 Å². The molecule has 3 rings (SSSR count). The van der Waals surface area contributed by atoms with Gasteiger partial charge in [-0.2, -0.15) is 0 Å². The lowest BCUT2D eigenvalue weighted by molar-refractivity contribution is 0.0946. The number of nitrogens with one attached hydrogen (secondary N) is 1. The van der Waals surface area contributed by atoms with Crippen LogP contribution in [0.4, 0.5) is 4.39 Å². The molecule has 6 heteroatoms. The highest BCUT2D eigenvalue weighted by Gasteiger charge is 2.36. The Morgan fingerprint density at radius 3 is 2.11 bits per heavy atom. The molecule has 0 aliphatic rings. The first kappa shape index (κ1) is 20.0. The van der Waals surface area contributed by atoms with Gasteiger partial charge in [0.2, 0.25) is 0 Å². The van der Waals surface area contributed by atoms with Gasteiger partial charge >= 0.3 is 0 Å². The maximum atomic E-state index is 13.8. The molecule has 1 N–H and O–H groups in total. The zero-order valence-corrected chi connectivity index (χ0v) is 16.3. The smallest absolute Gasteiger partial charge is 0.253 e. The van der Waals surface area contributed by atoms with Gasteiger partial charge in [0.25, 0.3) is 13.3 Å². The van der Waals surface area contributed by atoms with Gasteiger partial charge in [-0.15, -0.1) is 0 Å². The van der Waals surface area contributed by atoms with Crippen molar-refractivity contribution in [2.24, 2.45) is 0 Å². The van der Waals surface area contributed by atoms with Gasteiger partial charge in [0.05, 0.1) is 0 Å². The molecule has 3 aromatic carbocycles. The number of benzene rings is 3. The molecular formula is C22H21FNO3P. The fraction of sp³-hybridized carbons (Fsp3) is 0.136. The third-order valence-corrected chi connectivity index (χ3v) is 7.17. The molecule has 0 aliphatic carbocycles. The van der Waals surface area contributed by atoms with Crippen molar-refractivity contribution in [3.63, 3.8) is 0 Å². The van der Waals surface area contributed by atoms with Crippen LogP contribution in [-0.2, 0) is 15.5 Å². The summed E-state index contributed by atoms with van der Waals surface area (Å²) in [5.41, 5.74) is 1.20. The normalized spacial score (nSPS) is 14.1. The molecule has 0 saturated heterocycles. The molecule has 0 aliphatic heterocycles. The van der Waals surface area contributed by atoms with Gasteiger partial charge in [0, 0.05) is 24.4 Å². The van der Waals surface area contributed by atoms with E-state index in [1.165, 1.54) is 19.2 Å². The van der Waals surface area contributed by atoms with E-state index in [-0.39, 0.29) is 18.1 Å². The van der Waals surface area contributed by atoms with Gasteiger partial charge in [-0.05, 0) is 42.0 Å². The Morgan fingerprint density at radius 1 is 0.964 bits per heavy atom. The fourth-order valence-corrected chi connectivity index (χ4v) is 5.12. The van der Waals surface area contributed by atoms with Gasteiger partial charge in [-0.25, -0.2) is 4.39 Å². The Hall–Kier alpha value is -2.75. The van der Waals surface area contributed by atoms with E-state index in [9.17, 15) is 13.8 Å². The molecule has 1 amide bonds. The van der Waals surface area contributed by atoms with Crippen molar-refractivity contribution in [3.8, 4) is 0 Å². The van der Waals surface area contributed by atoms with Crippen LogP contribution in [0.15, 0.2) is 84.9 Å². The number of rotatable bonds is 7. The Labute approximate surface area is 163 Å². The highest BCUT2D eigenvalue weighted by atomic mass is 31.2. The van der Waals surface area contributed by atoms with Crippen molar-refractivity contribution in [1.29, 1.82) is 0 Å². The SMILES string of the molecule is COP(=O)(c1ccccc1)[C@@H](Cc1ccc(F)cc1)NC(=O)c1ccccc1. The van der Waals surface area contributed by atoms with Crippen LogP contribution >= 0.6 is 7.37 Å². The number of carbonyl (C=O) groups excluding carboxylic acids is 1. The second-order valence-electron chi connectivity index (χ2n) is 6.30. The van der Waals surface area contributed by atoms with Crippen molar-refractivity contribution in [3.05, 3.63) is 102 Å². The summed E-state index contributed by atoms with van der Waals surface area (Å²) < 4.78 is 32.6. The highest BCUT2D eigenvalue weighted by molar-refractivity contribution is 7.67. The Morgan fingerprint density at radius 2 is 1.54 bits per heavy atom. The summed E-state index contributed by atoms with van der Waals surface area (Å²) in [4.78, 5) is 12.7. The van der Waals surface area contributed by atoms with Gasteiger partial charge in [0.1, 0.15) is 11.6 Å². The standard InChI is InChI=1S/C22H21FNO3P/c1-27-28(26,20-10-6-3-7-11-20)21(16-17-12-14-19(23)15-13-17)24-22(25)18-8-4-2-5-9-18/h2-15,21H,16H2,1H3,(H,24,25)/t21-,28?/m0/s1. The molecule has 2 atom stereocenters. The predicted molar refractivity (Wildman–Crippen MR) is 108 cm³/mol. The van der Waals surface area contributed by atoms with E-state index in [0.717, 1.165) is 5.56 Å². The minimum atomic E-state index is -3.44. The van der Waals surface area contributed by atoms with E-state index in [2.05, 4.69) is 5.32 Å². The van der Waals surface area contributed by atoms with Crippen LogP contribution in [0.2, 0.25) is 0 Å². The van der Waals surface area contributed by atoms with Gasteiger partial charge < -0.3 is 9.84 Å². The lowest BCUT2D eigenvalue weighted by Gasteiger charge is -2.27. The van der Waals surface area contributed by atoms with Crippen LogP contribution in [-0.4, -0.2) is 18.8 Å². The van der Waals surface area contributed by atoms with Crippen molar-refractivity contribution < 1.29 is 18.3 Å². The van der Waals surface area contributed by atoms with Crippen LogP contribution in [0, 0.1) is 5.82 Å². The predicted octanol–water partition coefficient (Wildman–Crippen LogP) is 4.37. The Kier molecular flexibility index (Phi) is 6.40. The minimum Gasteiger partial charge on any atom is -0.339 e. The van der Waals surface area contributed by atoms with Gasteiger partial charge in [-0.1, -0.05) is 48.5 Å². The van der Waals surface area contributed by atoms with E-state index >= 15 is 0 Å². The minimum absolute atomic E-state index is 0.235. The van der Waals surface area contributed by atoms with E-state index in [1.54, 1.807) is 60.7 Å². The molecule has 3 aromatic rings. The van der Waals surface area contributed by atoms with Crippen LogP contribution in [0.5, 0.6) is 0 Å². The summed E-state index contributed by atoms with van der Waals surface area (Å²) in [5, 5.41) is 3.38. The summed E-state index contributed by atoms with van der Waals surface area (Å²) in [7, 11) is -2.06. The van der Waals surface area contributed by atoms with Crippen molar-refractivity contribution in [1.82, 2.24) is 5.32 Å². The van der Waals surface area contributed by atoms with Crippen LogP contribution in [0.1, 0.15) is 15.9 Å². The van der Waals surface area contributed by atoms with Crippen molar-refractivity contribution in [2.45, 2.75) is 12.2 Å². The molecule has 0 bridgehead atoms.